The number of benzene rings is 2. The summed E-state index contributed by atoms with van der Waals surface area (Å²) in [7, 11) is 4.65. The summed E-state index contributed by atoms with van der Waals surface area (Å²) in [5.41, 5.74) is 1.66. The number of rotatable bonds is 7. The number of methoxy groups -OCH3 is 3. The molecule has 1 amide bonds. The highest BCUT2D eigenvalue weighted by Gasteiger charge is 2.33. The van der Waals surface area contributed by atoms with Crippen molar-refractivity contribution in [3.63, 3.8) is 0 Å². The Morgan fingerprint density at radius 2 is 1.60 bits per heavy atom. The first-order valence-electron chi connectivity index (χ1n) is 8.32. The van der Waals surface area contributed by atoms with Gasteiger partial charge in [0.1, 0.15) is 0 Å². The van der Waals surface area contributed by atoms with Crippen molar-refractivity contribution in [1.82, 2.24) is 4.90 Å². The lowest BCUT2D eigenvalue weighted by molar-refractivity contribution is 0.0729. The van der Waals surface area contributed by atoms with Crippen LogP contribution >= 0.6 is 0 Å². The summed E-state index contributed by atoms with van der Waals surface area (Å²) >= 11 is 0. The smallest absolute Gasteiger partial charge is 0.254 e. The molecule has 1 aliphatic carbocycles. The molecule has 5 nitrogen and oxygen atoms in total. The van der Waals surface area contributed by atoms with Crippen LogP contribution in [0.5, 0.6) is 17.2 Å². The van der Waals surface area contributed by atoms with E-state index in [1.165, 1.54) is 0 Å². The fourth-order valence-corrected chi connectivity index (χ4v) is 2.90. The van der Waals surface area contributed by atoms with Crippen LogP contribution in [0.25, 0.3) is 0 Å². The van der Waals surface area contributed by atoms with E-state index in [1.54, 1.807) is 33.5 Å². The molecular formula is C20H23NO4. The summed E-state index contributed by atoms with van der Waals surface area (Å²) in [4.78, 5) is 15.1. The molecule has 1 saturated carbocycles. The Kier molecular flexibility index (Phi) is 5.12. The van der Waals surface area contributed by atoms with Gasteiger partial charge in [0.2, 0.25) is 5.75 Å². The van der Waals surface area contributed by atoms with Crippen LogP contribution in [0.4, 0.5) is 0 Å². The summed E-state index contributed by atoms with van der Waals surface area (Å²) < 4.78 is 16.1. The fraction of sp³-hybridized carbons (Fsp3) is 0.350. The Bertz CT molecular complexity index is 716. The van der Waals surface area contributed by atoms with Crippen LogP contribution in [0, 0.1) is 0 Å². The van der Waals surface area contributed by atoms with Crippen LogP contribution in [0.1, 0.15) is 28.8 Å². The van der Waals surface area contributed by atoms with Crippen molar-refractivity contribution in [3.05, 3.63) is 53.6 Å². The van der Waals surface area contributed by atoms with Crippen LogP contribution in [-0.2, 0) is 6.54 Å². The SMILES string of the molecule is COc1cc(C(=O)N(Cc2ccccc2)C2CC2)cc(OC)c1OC. The predicted octanol–water partition coefficient (Wildman–Crippen LogP) is 3.52. The monoisotopic (exact) mass is 341 g/mol. The highest BCUT2D eigenvalue weighted by atomic mass is 16.5. The molecule has 0 unspecified atom stereocenters. The molecule has 132 valence electrons. The third kappa shape index (κ3) is 3.71. The Morgan fingerprint density at radius 3 is 2.08 bits per heavy atom. The normalized spacial score (nSPS) is 13.2. The van der Waals surface area contributed by atoms with Crippen molar-refractivity contribution >= 4 is 5.91 Å². The van der Waals surface area contributed by atoms with Crippen LogP contribution in [0.2, 0.25) is 0 Å². The summed E-state index contributed by atoms with van der Waals surface area (Å²) in [5, 5.41) is 0. The number of hydrogen-bond acceptors (Lipinski definition) is 4. The minimum Gasteiger partial charge on any atom is -0.493 e. The molecule has 0 heterocycles. The second kappa shape index (κ2) is 7.47. The molecule has 0 atom stereocenters. The molecule has 0 saturated heterocycles. The molecule has 25 heavy (non-hydrogen) atoms. The Hall–Kier alpha value is -2.69. The van der Waals surface area contributed by atoms with Gasteiger partial charge in [-0.25, -0.2) is 0 Å². The first kappa shape index (κ1) is 17.1. The molecule has 1 aliphatic rings. The first-order valence-corrected chi connectivity index (χ1v) is 8.32. The van der Waals surface area contributed by atoms with E-state index in [0.717, 1.165) is 18.4 Å². The van der Waals surface area contributed by atoms with Crippen molar-refractivity contribution in [2.45, 2.75) is 25.4 Å². The molecule has 0 aromatic heterocycles. The molecule has 2 aromatic carbocycles. The largest absolute Gasteiger partial charge is 0.493 e. The van der Waals surface area contributed by atoms with E-state index < -0.39 is 0 Å². The van der Waals surface area contributed by atoms with E-state index in [1.807, 2.05) is 35.2 Å². The Balaban J connectivity index is 1.92. The quantitative estimate of drug-likeness (QED) is 0.773. The molecule has 0 aliphatic heterocycles. The number of hydrogen-bond donors (Lipinski definition) is 0. The predicted molar refractivity (Wildman–Crippen MR) is 95.4 cm³/mol. The highest BCUT2D eigenvalue weighted by Crippen LogP contribution is 2.39. The number of amides is 1. The van der Waals surface area contributed by atoms with Gasteiger partial charge in [-0.2, -0.15) is 0 Å². The van der Waals surface area contributed by atoms with Gasteiger partial charge < -0.3 is 19.1 Å². The zero-order chi connectivity index (χ0) is 17.8. The Morgan fingerprint density at radius 1 is 1.00 bits per heavy atom. The average Bonchev–Trinajstić information content (AvgIpc) is 3.50. The zero-order valence-electron chi connectivity index (χ0n) is 14.8. The second-order valence-corrected chi connectivity index (χ2v) is 6.06. The first-order chi connectivity index (χ1) is 12.2. The number of carbonyl (C=O) groups excluding carboxylic acids is 1. The molecule has 0 N–H and O–H groups in total. The van der Waals surface area contributed by atoms with E-state index in [2.05, 4.69) is 0 Å². The number of carbonyl (C=O) groups is 1. The van der Waals surface area contributed by atoms with E-state index in [-0.39, 0.29) is 5.91 Å². The maximum atomic E-state index is 13.1. The number of ether oxygens (including phenoxy) is 3. The fourth-order valence-electron chi connectivity index (χ4n) is 2.90. The van der Waals surface area contributed by atoms with Crippen molar-refractivity contribution in [2.75, 3.05) is 21.3 Å². The van der Waals surface area contributed by atoms with E-state index in [4.69, 9.17) is 14.2 Å². The van der Waals surface area contributed by atoms with Gasteiger partial charge in [-0.05, 0) is 30.5 Å². The topological polar surface area (TPSA) is 48.0 Å². The highest BCUT2D eigenvalue weighted by molar-refractivity contribution is 5.96. The van der Waals surface area contributed by atoms with Crippen LogP contribution in [0.15, 0.2) is 42.5 Å². The van der Waals surface area contributed by atoms with Gasteiger partial charge in [-0.15, -0.1) is 0 Å². The van der Waals surface area contributed by atoms with Crippen LogP contribution in [-0.4, -0.2) is 38.2 Å². The van der Waals surface area contributed by atoms with Gasteiger partial charge in [0.25, 0.3) is 5.91 Å². The minimum absolute atomic E-state index is 0.0226. The lowest BCUT2D eigenvalue weighted by Gasteiger charge is -2.23. The molecule has 0 spiro atoms. The van der Waals surface area contributed by atoms with Crippen molar-refractivity contribution < 1.29 is 19.0 Å². The van der Waals surface area contributed by atoms with E-state index in [0.29, 0.717) is 35.4 Å². The third-order valence-corrected chi connectivity index (χ3v) is 4.36. The lowest BCUT2D eigenvalue weighted by atomic mass is 10.1. The molecule has 0 bridgehead atoms. The Labute approximate surface area is 148 Å². The van der Waals surface area contributed by atoms with Crippen molar-refractivity contribution in [1.29, 1.82) is 0 Å². The van der Waals surface area contributed by atoms with Gasteiger partial charge in [0.15, 0.2) is 11.5 Å². The van der Waals surface area contributed by atoms with Gasteiger partial charge in [-0.3, -0.25) is 4.79 Å². The maximum absolute atomic E-state index is 13.1. The van der Waals surface area contributed by atoms with Crippen LogP contribution in [0.3, 0.4) is 0 Å². The summed E-state index contributed by atoms with van der Waals surface area (Å²) in [5.74, 6) is 1.44. The van der Waals surface area contributed by atoms with Crippen molar-refractivity contribution in [2.24, 2.45) is 0 Å². The molecule has 2 aromatic rings. The summed E-state index contributed by atoms with van der Waals surface area (Å²) in [6, 6.07) is 13.8. The van der Waals surface area contributed by atoms with Gasteiger partial charge in [0.05, 0.1) is 21.3 Å². The summed E-state index contributed by atoms with van der Waals surface area (Å²) in [6.45, 7) is 0.598. The van der Waals surface area contributed by atoms with E-state index >= 15 is 0 Å². The minimum atomic E-state index is -0.0226. The van der Waals surface area contributed by atoms with E-state index in [9.17, 15) is 4.79 Å². The summed E-state index contributed by atoms with van der Waals surface area (Å²) in [6.07, 6.45) is 2.09. The standard InChI is InChI=1S/C20H23NO4/c1-23-17-11-15(12-18(24-2)19(17)25-3)20(22)21(16-9-10-16)13-14-7-5-4-6-8-14/h4-8,11-12,16H,9-10,13H2,1-3H3. The molecule has 1 fully saturated rings. The number of nitrogens with zero attached hydrogens (tertiary/aromatic N) is 1. The van der Waals surface area contributed by atoms with Gasteiger partial charge in [-0.1, -0.05) is 30.3 Å². The lowest BCUT2D eigenvalue weighted by Crippen LogP contribution is -2.32. The molecule has 0 radical (unpaired) electrons. The molecular weight excluding hydrogens is 318 g/mol. The third-order valence-electron chi connectivity index (χ3n) is 4.36. The zero-order valence-corrected chi connectivity index (χ0v) is 14.8. The maximum Gasteiger partial charge on any atom is 0.254 e. The van der Waals surface area contributed by atoms with Gasteiger partial charge in [0, 0.05) is 18.2 Å². The molecule has 5 heteroatoms. The van der Waals surface area contributed by atoms with Crippen molar-refractivity contribution in [3.8, 4) is 17.2 Å². The van der Waals surface area contributed by atoms with Gasteiger partial charge >= 0.3 is 0 Å². The van der Waals surface area contributed by atoms with Crippen LogP contribution < -0.4 is 14.2 Å². The molecule has 3 rings (SSSR count). The second-order valence-electron chi connectivity index (χ2n) is 6.06. The average molecular weight is 341 g/mol.